The normalized spacial score (nSPS) is 31.1. The van der Waals surface area contributed by atoms with Gasteiger partial charge in [0, 0.05) is 50.3 Å². The molecule has 4 rings (SSSR count). The number of pyridine rings is 1. The molecule has 0 amide bonds. The molecule has 0 aromatic carbocycles. The van der Waals surface area contributed by atoms with Gasteiger partial charge in [0.1, 0.15) is 0 Å². The average Bonchev–Trinajstić information content (AvgIpc) is 2.76. The van der Waals surface area contributed by atoms with Crippen LogP contribution in [0.2, 0.25) is 0 Å². The van der Waals surface area contributed by atoms with Gasteiger partial charge in [-0.05, 0) is 37.8 Å². The van der Waals surface area contributed by atoms with Crippen molar-refractivity contribution in [1.82, 2.24) is 26.3 Å². The Morgan fingerprint density at radius 2 is 1.07 bits per heavy atom. The maximum absolute atomic E-state index is 4.89. The van der Waals surface area contributed by atoms with Gasteiger partial charge < -0.3 is 21.3 Å². The van der Waals surface area contributed by atoms with E-state index in [2.05, 4.69) is 39.5 Å². The van der Waals surface area contributed by atoms with Gasteiger partial charge in [-0.1, -0.05) is 31.7 Å². The molecule has 2 unspecified atom stereocenters. The van der Waals surface area contributed by atoms with E-state index in [1.54, 1.807) is 0 Å². The summed E-state index contributed by atoms with van der Waals surface area (Å²) in [4.78, 5) is 4.89. The molecule has 0 saturated heterocycles. The third-order valence-electron chi connectivity index (χ3n) is 6.43. The molecule has 2 saturated carbocycles. The SMILES string of the molecule is [Cl][Mn][Cl].c1cc2nc(c1)CN[C@H]1CCCCC1NCCNC1CCCC[C@@H]1NC2. The quantitative estimate of drug-likeness (QED) is 0.426. The molecule has 0 radical (unpaired) electrons. The summed E-state index contributed by atoms with van der Waals surface area (Å²) < 4.78 is 0. The monoisotopic (exact) mass is 482 g/mol. The van der Waals surface area contributed by atoms with Crippen LogP contribution in [0.3, 0.4) is 0 Å². The summed E-state index contributed by atoms with van der Waals surface area (Å²) in [6.45, 7) is 3.89. The summed E-state index contributed by atoms with van der Waals surface area (Å²) in [7, 11) is 9.59. The molecule has 2 heterocycles. The molecule has 1 aromatic heterocycles. The first-order valence-corrected chi connectivity index (χ1v) is 14.3. The van der Waals surface area contributed by atoms with Crippen LogP contribution in [0.5, 0.6) is 0 Å². The fourth-order valence-corrected chi connectivity index (χ4v) is 4.95. The van der Waals surface area contributed by atoms with Gasteiger partial charge >= 0.3 is 33.3 Å². The van der Waals surface area contributed by atoms with Crippen molar-refractivity contribution < 1.29 is 13.1 Å². The molecule has 165 valence electrons. The largest absolute Gasteiger partial charge is 0.311 e. The Balaban J connectivity index is 0.000000755. The van der Waals surface area contributed by atoms with Crippen molar-refractivity contribution in [3.05, 3.63) is 29.6 Å². The third-order valence-corrected chi connectivity index (χ3v) is 6.43. The number of hydrogen-bond donors (Lipinski definition) is 4. The molecule has 3 aliphatic rings. The minimum Gasteiger partial charge on any atom is -0.311 e. The summed E-state index contributed by atoms with van der Waals surface area (Å²) in [6, 6.07) is 8.81. The van der Waals surface area contributed by atoms with E-state index >= 15 is 0 Å². The van der Waals surface area contributed by atoms with Crippen molar-refractivity contribution in [3.8, 4) is 0 Å². The number of fused-ring (bicyclic) bond motifs is 4. The number of rotatable bonds is 0. The van der Waals surface area contributed by atoms with E-state index in [0.717, 1.165) is 26.2 Å². The van der Waals surface area contributed by atoms with E-state index < -0.39 is 0 Å². The van der Waals surface area contributed by atoms with Crippen LogP contribution in [0.25, 0.3) is 0 Å². The summed E-state index contributed by atoms with van der Waals surface area (Å²) in [5.74, 6) is 0. The molecule has 2 bridgehead atoms. The maximum atomic E-state index is 4.89. The van der Waals surface area contributed by atoms with Gasteiger partial charge in [-0.15, -0.1) is 0 Å². The Labute approximate surface area is 190 Å². The first-order valence-electron chi connectivity index (χ1n) is 11.1. The molecule has 1 aromatic rings. The van der Waals surface area contributed by atoms with Crippen molar-refractivity contribution in [2.75, 3.05) is 13.1 Å². The van der Waals surface area contributed by atoms with Crippen LogP contribution in [0.1, 0.15) is 62.8 Å². The molecule has 0 spiro atoms. The Morgan fingerprint density at radius 3 is 1.48 bits per heavy atom. The molecule has 29 heavy (non-hydrogen) atoms. The molecule has 5 nitrogen and oxygen atoms in total. The molecular formula is C21H35Cl2MnN5. The van der Waals surface area contributed by atoms with Crippen LogP contribution in [0, 0.1) is 0 Å². The third kappa shape index (κ3) is 7.93. The number of halogens is 2. The average molecular weight is 483 g/mol. The fraction of sp³-hybridized carbons (Fsp3) is 0.762. The van der Waals surface area contributed by atoms with Crippen LogP contribution >= 0.6 is 20.2 Å². The van der Waals surface area contributed by atoms with Crippen LogP contribution in [0.15, 0.2) is 18.2 Å². The van der Waals surface area contributed by atoms with Crippen LogP contribution in [-0.2, 0) is 26.2 Å². The molecule has 2 fully saturated rings. The molecule has 8 heteroatoms. The van der Waals surface area contributed by atoms with E-state index in [1.165, 1.54) is 62.8 Å². The van der Waals surface area contributed by atoms with E-state index in [4.69, 9.17) is 25.2 Å². The molecule has 2 aliphatic carbocycles. The summed E-state index contributed by atoms with van der Waals surface area (Å²) >= 11 is 0.00694. The Bertz CT molecular complexity index is 549. The van der Waals surface area contributed by atoms with Crippen molar-refractivity contribution in [3.63, 3.8) is 0 Å². The first kappa shape index (κ1) is 23.7. The van der Waals surface area contributed by atoms with Gasteiger partial charge in [0.25, 0.3) is 0 Å². The summed E-state index contributed by atoms with van der Waals surface area (Å²) in [6.07, 6.45) is 10.5. The second-order valence-corrected chi connectivity index (χ2v) is 10.3. The predicted octanol–water partition coefficient (Wildman–Crippen LogP) is 3.45. The van der Waals surface area contributed by atoms with Gasteiger partial charge in [-0.2, -0.15) is 0 Å². The molecule has 4 atom stereocenters. The van der Waals surface area contributed by atoms with Crippen molar-refractivity contribution in [2.24, 2.45) is 0 Å². The second kappa shape index (κ2) is 13.5. The topological polar surface area (TPSA) is 61.0 Å². The molecular weight excluding hydrogens is 448 g/mol. The number of hydrogen-bond acceptors (Lipinski definition) is 5. The van der Waals surface area contributed by atoms with E-state index in [-0.39, 0.29) is 13.1 Å². The zero-order chi connectivity index (χ0) is 20.3. The predicted molar refractivity (Wildman–Crippen MR) is 118 cm³/mol. The number of nitrogens with zero attached hydrogens (tertiary/aromatic N) is 1. The molecule has 4 N–H and O–H groups in total. The maximum Gasteiger partial charge on any atom is 0.0545 e. The van der Waals surface area contributed by atoms with Gasteiger partial charge in [0.05, 0.1) is 11.4 Å². The van der Waals surface area contributed by atoms with Crippen molar-refractivity contribution in [1.29, 1.82) is 0 Å². The van der Waals surface area contributed by atoms with E-state index in [1.807, 2.05) is 0 Å². The van der Waals surface area contributed by atoms with Crippen LogP contribution in [-0.4, -0.2) is 42.2 Å². The summed E-state index contributed by atoms with van der Waals surface area (Å²) in [5.41, 5.74) is 2.34. The van der Waals surface area contributed by atoms with Crippen LogP contribution in [0.4, 0.5) is 0 Å². The van der Waals surface area contributed by atoms with Crippen molar-refractivity contribution in [2.45, 2.75) is 88.6 Å². The van der Waals surface area contributed by atoms with Gasteiger partial charge in [0.2, 0.25) is 0 Å². The van der Waals surface area contributed by atoms with Gasteiger partial charge in [0.15, 0.2) is 0 Å². The Kier molecular flexibility index (Phi) is 11.0. The van der Waals surface area contributed by atoms with Gasteiger partial charge in [-0.25, -0.2) is 0 Å². The second-order valence-electron chi connectivity index (χ2n) is 8.34. The minimum absolute atomic E-state index is 0.00694. The number of nitrogens with one attached hydrogen (secondary N) is 4. The van der Waals surface area contributed by atoms with Crippen LogP contribution < -0.4 is 21.3 Å². The van der Waals surface area contributed by atoms with E-state index in [9.17, 15) is 0 Å². The van der Waals surface area contributed by atoms with E-state index in [0.29, 0.717) is 24.2 Å². The zero-order valence-electron chi connectivity index (χ0n) is 17.1. The Hall–Kier alpha value is 0.0895. The summed E-state index contributed by atoms with van der Waals surface area (Å²) in [5, 5.41) is 15.2. The molecule has 1 aliphatic heterocycles. The fourth-order valence-electron chi connectivity index (χ4n) is 4.95. The zero-order valence-corrected chi connectivity index (χ0v) is 19.8. The Morgan fingerprint density at radius 1 is 0.690 bits per heavy atom. The number of aromatic nitrogens is 1. The van der Waals surface area contributed by atoms with Crippen molar-refractivity contribution >= 4 is 20.2 Å². The standard InChI is InChI=1S/C21H35N5.2ClH.Mn/c1-3-10-20-18(8-1)22-12-13-23-19-9-2-4-11-21(19)25-15-17-7-5-6-16(26-17)14-24-20;;;/h5-7,18-25H,1-4,8-15H2;2*1H;/q;;;+2/p-2/t18?,19?,20-,21-;;;/m0.../s1. The minimum atomic E-state index is 0.00694. The first-order chi connectivity index (χ1) is 14.3. The van der Waals surface area contributed by atoms with Gasteiger partial charge in [-0.3, -0.25) is 4.98 Å². The smallest absolute Gasteiger partial charge is 0.0545 e.